The molecule has 0 radical (unpaired) electrons. The molecule has 156 valence electrons. The molecule has 2 aromatic rings. The van der Waals surface area contributed by atoms with Gasteiger partial charge in [0.15, 0.2) is 0 Å². The quantitative estimate of drug-likeness (QED) is 0.659. The van der Waals surface area contributed by atoms with Crippen molar-refractivity contribution >= 4 is 17.5 Å². The van der Waals surface area contributed by atoms with Gasteiger partial charge in [-0.3, -0.25) is 9.59 Å². The molecule has 0 unspecified atom stereocenters. The Hall–Kier alpha value is -3.02. The second-order valence-corrected chi connectivity index (χ2v) is 7.03. The number of hydrogen-bond acceptors (Lipinski definition) is 4. The van der Waals surface area contributed by atoms with Gasteiger partial charge in [-0.2, -0.15) is 0 Å². The number of nitrogens with one attached hydrogen (secondary N) is 1. The average Bonchev–Trinajstić information content (AvgIpc) is 2.69. The molecule has 0 spiro atoms. The molecule has 0 bridgehead atoms. The third-order valence-corrected chi connectivity index (χ3v) is 4.42. The molecule has 6 heteroatoms. The van der Waals surface area contributed by atoms with E-state index in [1.165, 1.54) is 6.92 Å². The lowest BCUT2D eigenvalue weighted by Crippen LogP contribution is -2.33. The van der Waals surface area contributed by atoms with Crippen LogP contribution in [0.15, 0.2) is 48.5 Å². The molecule has 2 rings (SSSR count). The van der Waals surface area contributed by atoms with E-state index in [0.717, 1.165) is 11.3 Å². The van der Waals surface area contributed by atoms with Crippen molar-refractivity contribution in [2.24, 2.45) is 0 Å². The number of carbonyl (C=O) groups is 2. The molecule has 0 saturated carbocycles. The summed E-state index contributed by atoms with van der Waals surface area (Å²) in [4.78, 5) is 26.1. The number of ether oxygens (including phenoxy) is 2. The Bertz CT molecular complexity index is 820. The number of nitrogens with zero attached hydrogens (tertiary/aromatic N) is 1. The zero-order valence-electron chi connectivity index (χ0n) is 17.6. The van der Waals surface area contributed by atoms with Crippen molar-refractivity contribution in [1.82, 2.24) is 4.90 Å². The van der Waals surface area contributed by atoms with Gasteiger partial charge in [-0.15, -0.1) is 0 Å². The summed E-state index contributed by atoms with van der Waals surface area (Å²) in [5, 5.41) is 2.88. The molecular weight excluding hydrogens is 368 g/mol. The van der Waals surface area contributed by atoms with Crippen molar-refractivity contribution in [1.29, 1.82) is 0 Å². The molecule has 1 N–H and O–H groups in total. The van der Waals surface area contributed by atoms with E-state index >= 15 is 0 Å². The normalized spacial score (nSPS) is 10.5. The molecule has 29 heavy (non-hydrogen) atoms. The molecule has 0 atom stereocenters. The van der Waals surface area contributed by atoms with Crippen LogP contribution in [0.5, 0.6) is 11.5 Å². The number of benzene rings is 2. The summed E-state index contributed by atoms with van der Waals surface area (Å²) in [7, 11) is 1.63. The minimum atomic E-state index is -0.159. The third-order valence-electron chi connectivity index (χ3n) is 4.42. The molecule has 6 nitrogen and oxygen atoms in total. The fraction of sp³-hybridized carbons (Fsp3) is 0.391. The van der Waals surface area contributed by atoms with Crippen LogP contribution in [0.25, 0.3) is 0 Å². The predicted molar refractivity (Wildman–Crippen MR) is 114 cm³/mol. The number of hydrogen-bond donors (Lipinski definition) is 1. The Morgan fingerprint density at radius 3 is 2.31 bits per heavy atom. The van der Waals surface area contributed by atoms with E-state index in [-0.39, 0.29) is 24.3 Å². The van der Waals surface area contributed by atoms with Gasteiger partial charge < -0.3 is 19.7 Å². The molecule has 2 aromatic carbocycles. The fourth-order valence-corrected chi connectivity index (χ4v) is 2.97. The second-order valence-electron chi connectivity index (χ2n) is 7.03. The number of carbonyl (C=O) groups excluding carboxylic acids is 2. The highest BCUT2D eigenvalue weighted by Gasteiger charge is 2.14. The highest BCUT2D eigenvalue weighted by molar-refractivity contribution is 5.92. The number of amides is 2. The minimum Gasteiger partial charge on any atom is -0.496 e. The van der Waals surface area contributed by atoms with Crippen molar-refractivity contribution in [2.45, 2.75) is 39.7 Å². The lowest BCUT2D eigenvalue weighted by atomic mass is 10.1. The monoisotopic (exact) mass is 398 g/mol. The van der Waals surface area contributed by atoms with Gasteiger partial charge in [0.25, 0.3) is 0 Å². The zero-order valence-corrected chi connectivity index (χ0v) is 17.6. The number of para-hydroxylation sites is 3. The van der Waals surface area contributed by atoms with Crippen LogP contribution in [0.2, 0.25) is 0 Å². The van der Waals surface area contributed by atoms with Crippen LogP contribution in [0, 0.1) is 0 Å². The van der Waals surface area contributed by atoms with Crippen molar-refractivity contribution in [3.63, 3.8) is 0 Å². The van der Waals surface area contributed by atoms with Gasteiger partial charge in [0.05, 0.1) is 18.9 Å². The maximum atomic E-state index is 12.4. The molecule has 0 fully saturated rings. The van der Waals surface area contributed by atoms with Crippen LogP contribution in [0.3, 0.4) is 0 Å². The summed E-state index contributed by atoms with van der Waals surface area (Å²) in [5.41, 5.74) is 1.67. The van der Waals surface area contributed by atoms with Crippen molar-refractivity contribution in [3.05, 3.63) is 54.1 Å². The lowest BCUT2D eigenvalue weighted by molar-refractivity contribution is -0.129. The standard InChI is InChI=1S/C23H30N2O4/c1-17(2)29-22-12-8-6-10-20(22)24-23(27)14-16-25(18(3)26)15-13-19-9-5-7-11-21(19)28-4/h5-12,17H,13-16H2,1-4H3,(H,24,27). The summed E-state index contributed by atoms with van der Waals surface area (Å²) in [6.07, 6.45) is 0.883. The molecule has 0 aliphatic carbocycles. The largest absolute Gasteiger partial charge is 0.496 e. The van der Waals surface area contributed by atoms with E-state index in [0.29, 0.717) is 30.9 Å². The van der Waals surface area contributed by atoms with Gasteiger partial charge in [-0.25, -0.2) is 0 Å². The summed E-state index contributed by atoms with van der Waals surface area (Å²) in [6.45, 7) is 6.27. The number of methoxy groups -OCH3 is 1. The fourth-order valence-electron chi connectivity index (χ4n) is 2.97. The van der Waals surface area contributed by atoms with Crippen LogP contribution in [-0.4, -0.2) is 43.0 Å². The Morgan fingerprint density at radius 2 is 1.66 bits per heavy atom. The number of rotatable bonds is 10. The summed E-state index contributed by atoms with van der Waals surface area (Å²) >= 11 is 0. The van der Waals surface area contributed by atoms with Crippen molar-refractivity contribution in [2.75, 3.05) is 25.5 Å². The molecule has 0 aliphatic rings. The Balaban J connectivity index is 1.92. The molecule has 0 saturated heterocycles. The van der Waals surface area contributed by atoms with Gasteiger partial charge in [-0.05, 0) is 44.0 Å². The first kappa shape index (κ1) is 22.3. The Labute approximate surface area is 172 Å². The van der Waals surface area contributed by atoms with E-state index in [2.05, 4.69) is 5.32 Å². The first-order valence-electron chi connectivity index (χ1n) is 9.83. The Morgan fingerprint density at radius 1 is 1.00 bits per heavy atom. The smallest absolute Gasteiger partial charge is 0.226 e. The van der Waals surface area contributed by atoms with Crippen LogP contribution in [0.4, 0.5) is 5.69 Å². The first-order chi connectivity index (χ1) is 13.9. The molecule has 0 aromatic heterocycles. The lowest BCUT2D eigenvalue weighted by Gasteiger charge is -2.21. The highest BCUT2D eigenvalue weighted by atomic mass is 16.5. The van der Waals surface area contributed by atoms with Crippen LogP contribution >= 0.6 is 0 Å². The SMILES string of the molecule is COc1ccccc1CCN(CCC(=O)Nc1ccccc1OC(C)C)C(C)=O. The van der Waals surface area contributed by atoms with Crippen molar-refractivity contribution < 1.29 is 19.1 Å². The van der Waals surface area contributed by atoms with Crippen LogP contribution in [-0.2, 0) is 16.0 Å². The van der Waals surface area contributed by atoms with E-state index in [9.17, 15) is 9.59 Å². The highest BCUT2D eigenvalue weighted by Crippen LogP contribution is 2.25. The maximum Gasteiger partial charge on any atom is 0.226 e. The van der Waals surface area contributed by atoms with E-state index in [1.807, 2.05) is 56.3 Å². The first-order valence-corrected chi connectivity index (χ1v) is 9.83. The van der Waals surface area contributed by atoms with Gasteiger partial charge in [0.2, 0.25) is 11.8 Å². The molecule has 2 amide bonds. The summed E-state index contributed by atoms with van der Waals surface area (Å²) < 4.78 is 11.1. The van der Waals surface area contributed by atoms with E-state index in [4.69, 9.17) is 9.47 Å². The van der Waals surface area contributed by atoms with Crippen LogP contribution < -0.4 is 14.8 Å². The average molecular weight is 399 g/mol. The minimum absolute atomic E-state index is 0.0104. The summed E-state index contributed by atoms with van der Waals surface area (Å²) in [6, 6.07) is 15.1. The van der Waals surface area contributed by atoms with Gasteiger partial charge in [0.1, 0.15) is 11.5 Å². The Kier molecular flexibility index (Phi) is 8.52. The van der Waals surface area contributed by atoms with E-state index < -0.39 is 0 Å². The predicted octanol–water partition coefficient (Wildman–Crippen LogP) is 3.90. The van der Waals surface area contributed by atoms with E-state index in [1.54, 1.807) is 18.1 Å². The van der Waals surface area contributed by atoms with Gasteiger partial charge >= 0.3 is 0 Å². The molecule has 0 heterocycles. The zero-order chi connectivity index (χ0) is 21.2. The molecule has 0 aliphatic heterocycles. The topological polar surface area (TPSA) is 67.9 Å². The van der Waals surface area contributed by atoms with Crippen molar-refractivity contribution in [3.8, 4) is 11.5 Å². The van der Waals surface area contributed by atoms with Crippen LogP contribution in [0.1, 0.15) is 32.8 Å². The van der Waals surface area contributed by atoms with Gasteiger partial charge in [0, 0.05) is 26.4 Å². The third kappa shape index (κ3) is 7.14. The maximum absolute atomic E-state index is 12.4. The second kappa shape index (κ2) is 11.1. The number of anilines is 1. The molecular formula is C23H30N2O4. The van der Waals surface area contributed by atoms with Gasteiger partial charge in [-0.1, -0.05) is 30.3 Å². The summed E-state index contributed by atoms with van der Waals surface area (Å²) in [5.74, 6) is 1.22.